The lowest BCUT2D eigenvalue weighted by molar-refractivity contribution is -0.123. The summed E-state index contributed by atoms with van der Waals surface area (Å²) in [4.78, 5) is 27.8. The lowest BCUT2D eigenvalue weighted by Gasteiger charge is -2.35. The van der Waals surface area contributed by atoms with Gasteiger partial charge in [-0.15, -0.1) is 0 Å². The quantitative estimate of drug-likeness (QED) is 0.372. The van der Waals surface area contributed by atoms with Gasteiger partial charge < -0.3 is 19.7 Å². The number of carbonyl (C=O) groups is 2. The van der Waals surface area contributed by atoms with E-state index in [2.05, 4.69) is 0 Å². The van der Waals surface area contributed by atoms with Crippen LogP contribution in [0.3, 0.4) is 0 Å². The first kappa shape index (κ1) is 25.1. The summed E-state index contributed by atoms with van der Waals surface area (Å²) < 4.78 is 5.55. The number of furan rings is 1. The van der Waals surface area contributed by atoms with Crippen molar-refractivity contribution in [3.8, 4) is 0 Å². The summed E-state index contributed by atoms with van der Waals surface area (Å²) >= 11 is 0. The zero-order valence-electron chi connectivity index (χ0n) is 20.2. The van der Waals surface area contributed by atoms with E-state index < -0.39 is 23.9 Å². The highest BCUT2D eigenvalue weighted by Crippen LogP contribution is 2.47. The Labute approximate surface area is 205 Å². The van der Waals surface area contributed by atoms with Crippen molar-refractivity contribution >= 4 is 23.6 Å². The molecule has 1 saturated heterocycles. The number of hydrogen-bond acceptors (Lipinski definition) is 6. The van der Waals surface area contributed by atoms with Gasteiger partial charge in [0.2, 0.25) is 11.8 Å². The van der Waals surface area contributed by atoms with Crippen LogP contribution in [0.1, 0.15) is 51.1 Å². The number of amides is 2. The molecule has 2 aromatic rings. The molecule has 4 atom stereocenters. The summed E-state index contributed by atoms with van der Waals surface area (Å²) in [6, 6.07) is 12.4. The van der Waals surface area contributed by atoms with Crippen LogP contribution in [0.5, 0.6) is 0 Å². The third-order valence-corrected chi connectivity index (χ3v) is 7.28. The van der Waals surface area contributed by atoms with Gasteiger partial charge in [-0.05, 0) is 68.5 Å². The predicted octanol–water partition coefficient (Wildman–Crippen LogP) is 3.84. The van der Waals surface area contributed by atoms with Gasteiger partial charge in [-0.1, -0.05) is 36.3 Å². The number of allylic oxidation sites excluding steroid dienone is 2. The second-order valence-electron chi connectivity index (χ2n) is 9.38. The number of aliphatic hydroxyl groups is 3. The van der Waals surface area contributed by atoms with Gasteiger partial charge in [0.25, 0.3) is 0 Å². The molecule has 1 aromatic heterocycles. The van der Waals surface area contributed by atoms with Crippen LogP contribution in [0.25, 0.3) is 6.08 Å². The average Bonchev–Trinajstić information content (AvgIpc) is 3.42. The number of carbonyl (C=O) groups excluding carboxylic acids is 2. The molecular weight excluding hydrogens is 446 g/mol. The third kappa shape index (κ3) is 4.89. The highest BCUT2D eigenvalue weighted by atomic mass is 16.4. The van der Waals surface area contributed by atoms with Crippen LogP contribution < -0.4 is 4.90 Å². The van der Waals surface area contributed by atoms with Gasteiger partial charge in [0.15, 0.2) is 0 Å². The number of imide groups is 1. The molecule has 2 aliphatic rings. The summed E-state index contributed by atoms with van der Waals surface area (Å²) in [5.41, 5.74) is 3.17. The van der Waals surface area contributed by atoms with Crippen molar-refractivity contribution in [2.75, 3.05) is 11.5 Å². The fourth-order valence-corrected chi connectivity index (χ4v) is 5.54. The zero-order chi connectivity index (χ0) is 25.1. The summed E-state index contributed by atoms with van der Waals surface area (Å²) in [6.45, 7) is 3.45. The van der Waals surface area contributed by atoms with E-state index in [4.69, 9.17) is 4.42 Å². The molecule has 0 radical (unpaired) electrons. The fraction of sp³-hybridized carbons (Fsp3) is 0.429. The van der Waals surface area contributed by atoms with Crippen LogP contribution in [0.2, 0.25) is 0 Å². The van der Waals surface area contributed by atoms with Crippen LogP contribution in [0.4, 0.5) is 5.69 Å². The van der Waals surface area contributed by atoms with E-state index in [1.165, 1.54) is 4.90 Å². The number of fused-ring (bicyclic) bond motifs is 1. The fourth-order valence-electron chi connectivity index (χ4n) is 5.54. The molecule has 1 aliphatic heterocycles. The van der Waals surface area contributed by atoms with Gasteiger partial charge in [0.05, 0.1) is 30.2 Å². The maximum atomic E-state index is 13.4. The van der Waals surface area contributed by atoms with Gasteiger partial charge in [0, 0.05) is 5.92 Å². The maximum absolute atomic E-state index is 13.4. The first-order valence-corrected chi connectivity index (χ1v) is 12.2. The van der Waals surface area contributed by atoms with E-state index in [0.717, 1.165) is 17.6 Å². The predicted molar refractivity (Wildman–Crippen MR) is 132 cm³/mol. The van der Waals surface area contributed by atoms with Crippen LogP contribution in [-0.2, 0) is 16.2 Å². The topological polar surface area (TPSA) is 111 Å². The van der Waals surface area contributed by atoms with Gasteiger partial charge in [0.1, 0.15) is 18.1 Å². The van der Waals surface area contributed by atoms with Crippen LogP contribution in [0.15, 0.2) is 63.6 Å². The lowest BCUT2D eigenvalue weighted by Crippen LogP contribution is -2.38. The smallest absolute Gasteiger partial charge is 0.238 e. The molecule has 4 rings (SSSR count). The summed E-state index contributed by atoms with van der Waals surface area (Å²) in [6.07, 6.45) is 3.30. The van der Waals surface area contributed by atoms with Crippen molar-refractivity contribution < 1.29 is 29.3 Å². The number of rotatable bonds is 9. The van der Waals surface area contributed by atoms with Crippen molar-refractivity contribution in [2.24, 2.45) is 17.8 Å². The number of aliphatic hydroxyl groups excluding tert-OH is 3. The minimum Gasteiger partial charge on any atom is -0.459 e. The van der Waals surface area contributed by atoms with Crippen molar-refractivity contribution in [1.82, 2.24) is 0 Å². The maximum Gasteiger partial charge on any atom is 0.238 e. The number of para-hydroxylation sites is 1. The monoisotopic (exact) mass is 479 g/mol. The van der Waals surface area contributed by atoms with E-state index in [0.29, 0.717) is 42.0 Å². The number of benzene rings is 1. The minimum absolute atomic E-state index is 0.158. The summed E-state index contributed by atoms with van der Waals surface area (Å²) in [7, 11) is 0. The summed E-state index contributed by atoms with van der Waals surface area (Å²) in [5.74, 6) is -1.21. The van der Waals surface area contributed by atoms with Crippen LogP contribution in [0, 0.1) is 17.8 Å². The van der Waals surface area contributed by atoms with Crippen molar-refractivity contribution in [3.63, 3.8) is 0 Å². The van der Waals surface area contributed by atoms with E-state index in [1.54, 1.807) is 36.4 Å². The Morgan fingerprint density at radius 2 is 1.89 bits per heavy atom. The SMILES string of the molecule is CC/C(=C\c1ccc(CO)o1)CC[C@@H](O)C1=C(C)C[C@H]2C(=O)N(c3ccccc3)C(=O)[C@H]2[C@H]1CO. The van der Waals surface area contributed by atoms with Gasteiger partial charge in [-0.2, -0.15) is 0 Å². The number of hydrogen-bond donors (Lipinski definition) is 3. The Morgan fingerprint density at radius 3 is 2.51 bits per heavy atom. The Morgan fingerprint density at radius 1 is 1.14 bits per heavy atom. The molecule has 0 bridgehead atoms. The van der Waals surface area contributed by atoms with Crippen molar-refractivity contribution in [1.29, 1.82) is 0 Å². The molecule has 1 aromatic carbocycles. The molecule has 2 heterocycles. The summed E-state index contributed by atoms with van der Waals surface area (Å²) in [5, 5.41) is 30.7. The Hall–Kier alpha value is -3.00. The zero-order valence-corrected chi connectivity index (χ0v) is 20.2. The Kier molecular flexibility index (Phi) is 7.69. The molecule has 0 spiro atoms. The van der Waals surface area contributed by atoms with Gasteiger partial charge in [-0.3, -0.25) is 14.5 Å². The Bertz CT molecular complexity index is 1130. The molecule has 35 heavy (non-hydrogen) atoms. The highest BCUT2D eigenvalue weighted by Gasteiger charge is 2.54. The molecule has 7 nitrogen and oxygen atoms in total. The van der Waals surface area contributed by atoms with E-state index in [1.807, 2.05) is 26.0 Å². The molecule has 186 valence electrons. The lowest BCUT2D eigenvalue weighted by atomic mass is 9.68. The molecule has 0 unspecified atom stereocenters. The molecule has 1 aliphatic carbocycles. The third-order valence-electron chi connectivity index (χ3n) is 7.28. The Balaban J connectivity index is 1.52. The van der Waals surface area contributed by atoms with Crippen molar-refractivity contribution in [3.05, 3.63) is 70.7 Å². The molecule has 7 heteroatoms. The molecule has 2 amide bonds. The number of anilines is 1. The average molecular weight is 480 g/mol. The largest absolute Gasteiger partial charge is 0.459 e. The molecular formula is C28H33NO6. The van der Waals surface area contributed by atoms with Gasteiger partial charge in [-0.25, -0.2) is 0 Å². The molecule has 1 fully saturated rings. The standard InChI is InChI=1S/C28H33NO6/c1-3-18(14-20-10-11-21(15-30)35-20)9-12-24(32)25-17(2)13-22-26(23(25)16-31)28(34)29(27(22)33)19-7-5-4-6-8-19/h4-8,10-11,14,22-24,26,30-32H,3,9,12-13,15-16H2,1-2H3/b18-14+/t22-,23+,24-,26-/m1/s1. The van der Waals surface area contributed by atoms with E-state index in [-0.39, 0.29) is 25.0 Å². The van der Waals surface area contributed by atoms with Crippen molar-refractivity contribution in [2.45, 2.75) is 52.2 Å². The van der Waals surface area contributed by atoms with Gasteiger partial charge >= 0.3 is 0 Å². The molecule has 3 N–H and O–H groups in total. The normalized spacial score (nSPS) is 23.7. The number of nitrogens with zero attached hydrogens (tertiary/aromatic N) is 1. The second kappa shape index (κ2) is 10.7. The van der Waals surface area contributed by atoms with E-state index in [9.17, 15) is 24.9 Å². The first-order valence-electron chi connectivity index (χ1n) is 12.2. The van der Waals surface area contributed by atoms with Crippen LogP contribution in [-0.4, -0.2) is 39.8 Å². The highest BCUT2D eigenvalue weighted by molar-refractivity contribution is 6.22. The molecule has 0 saturated carbocycles. The second-order valence-corrected chi connectivity index (χ2v) is 9.38. The van der Waals surface area contributed by atoms with Crippen LogP contribution >= 0.6 is 0 Å². The first-order chi connectivity index (χ1) is 16.9. The minimum atomic E-state index is -0.832. The van der Waals surface area contributed by atoms with E-state index >= 15 is 0 Å².